The molecule has 0 radical (unpaired) electrons. The van der Waals surface area contributed by atoms with Gasteiger partial charge >= 0.3 is 0 Å². The summed E-state index contributed by atoms with van der Waals surface area (Å²) in [6, 6.07) is 79.8. The normalized spacial score (nSPS) is 11.9. The predicted octanol–water partition coefficient (Wildman–Crippen LogP) is 16.1. The Kier molecular flexibility index (Phi) is 8.82. The van der Waals surface area contributed by atoms with E-state index in [9.17, 15) is 0 Å². The zero-order chi connectivity index (χ0) is 47.3. The molecule has 0 bridgehead atoms. The van der Waals surface area contributed by atoms with Crippen LogP contribution in [0, 0.1) is 0 Å². The van der Waals surface area contributed by atoms with Crippen LogP contribution in [0.5, 0.6) is 0 Å². The second-order valence-corrected chi connectivity index (χ2v) is 18.5. The molecular formula is C65H39N7. The second-order valence-electron chi connectivity index (χ2n) is 18.5. The molecular weight excluding hydrogens is 879 g/mol. The van der Waals surface area contributed by atoms with E-state index in [1.165, 1.54) is 43.5 Å². The fourth-order valence-electron chi connectivity index (χ4n) is 11.1. The lowest BCUT2D eigenvalue weighted by molar-refractivity contribution is 1.08. The summed E-state index contributed by atoms with van der Waals surface area (Å²) in [6.07, 6.45) is 3.74. The third-order valence-electron chi connectivity index (χ3n) is 14.4. The van der Waals surface area contributed by atoms with E-state index in [2.05, 4.69) is 161 Å². The molecule has 0 aliphatic carbocycles. The maximum atomic E-state index is 5.15. The number of aromatic nitrogens is 7. The Morgan fingerprint density at radius 3 is 1.38 bits per heavy atom. The van der Waals surface area contributed by atoms with Crippen LogP contribution in [0.25, 0.3) is 144 Å². The minimum atomic E-state index is 0.598. The number of para-hydroxylation sites is 2. The van der Waals surface area contributed by atoms with E-state index in [0.717, 1.165) is 82.6 Å². The Labute approximate surface area is 412 Å². The number of pyridine rings is 2. The number of hydrogen-bond donors (Lipinski definition) is 0. The minimum absolute atomic E-state index is 0.598. The van der Waals surface area contributed by atoms with Crippen LogP contribution in [-0.4, -0.2) is 34.1 Å². The van der Waals surface area contributed by atoms with E-state index < -0.39 is 0 Å². The van der Waals surface area contributed by atoms with Gasteiger partial charge in [-0.05, 0) is 101 Å². The van der Waals surface area contributed by atoms with Crippen LogP contribution in [0.3, 0.4) is 0 Å². The van der Waals surface area contributed by atoms with Gasteiger partial charge in [-0.1, -0.05) is 146 Å². The van der Waals surface area contributed by atoms with Gasteiger partial charge in [0.2, 0.25) is 0 Å². The summed E-state index contributed by atoms with van der Waals surface area (Å²) in [6.45, 7) is 0. The molecule has 15 aromatic rings. The van der Waals surface area contributed by atoms with Gasteiger partial charge in [-0.2, -0.15) is 0 Å². The third-order valence-corrected chi connectivity index (χ3v) is 14.4. The Bertz CT molecular complexity index is 4630. The van der Waals surface area contributed by atoms with Crippen LogP contribution in [0.15, 0.2) is 237 Å². The third kappa shape index (κ3) is 6.27. The highest BCUT2D eigenvalue weighted by Gasteiger charge is 2.20. The fourth-order valence-corrected chi connectivity index (χ4v) is 11.1. The highest BCUT2D eigenvalue weighted by Crippen LogP contribution is 2.41. The van der Waals surface area contributed by atoms with Crippen molar-refractivity contribution in [1.29, 1.82) is 0 Å². The molecule has 0 aliphatic heterocycles. The van der Waals surface area contributed by atoms with Gasteiger partial charge in [0.15, 0.2) is 17.5 Å². The molecule has 5 heterocycles. The zero-order valence-corrected chi connectivity index (χ0v) is 38.6. The van der Waals surface area contributed by atoms with Gasteiger partial charge in [0.1, 0.15) is 0 Å². The molecule has 0 fully saturated rings. The number of benzene rings is 10. The van der Waals surface area contributed by atoms with Gasteiger partial charge in [0, 0.05) is 83.5 Å². The Morgan fingerprint density at radius 1 is 0.264 bits per heavy atom. The molecule has 72 heavy (non-hydrogen) atoms. The van der Waals surface area contributed by atoms with Crippen molar-refractivity contribution in [3.05, 3.63) is 237 Å². The van der Waals surface area contributed by atoms with Gasteiger partial charge in [0.25, 0.3) is 0 Å². The Morgan fingerprint density at radius 2 is 0.750 bits per heavy atom. The lowest BCUT2D eigenvalue weighted by Crippen LogP contribution is -2.01. The monoisotopic (exact) mass is 917 g/mol. The quantitative estimate of drug-likeness (QED) is 0.155. The summed E-state index contributed by atoms with van der Waals surface area (Å²) in [5.41, 5.74) is 13.8. The van der Waals surface area contributed by atoms with Crippen molar-refractivity contribution < 1.29 is 0 Å². The van der Waals surface area contributed by atoms with E-state index >= 15 is 0 Å². The summed E-state index contributed by atoms with van der Waals surface area (Å²) >= 11 is 0. The lowest BCUT2D eigenvalue weighted by Gasteiger charge is -2.14. The Hall–Kier alpha value is -9.85. The lowest BCUT2D eigenvalue weighted by atomic mass is 9.99. The highest BCUT2D eigenvalue weighted by molar-refractivity contribution is 6.15. The van der Waals surface area contributed by atoms with Crippen LogP contribution < -0.4 is 0 Å². The molecule has 7 nitrogen and oxygen atoms in total. The SMILES string of the molecule is c1ccc(-c2nc(-c3ccccc3)nc(-c3cc4cc(-n5c6ccccc6c6cc(-c7ccc8c(c7)c7ccccc7n8-c7ccc8c(ccc9cccnc98)c7)ccc65)ccc4c4ncccc34)n2)cc1. The van der Waals surface area contributed by atoms with E-state index in [1.54, 1.807) is 0 Å². The van der Waals surface area contributed by atoms with E-state index in [0.29, 0.717) is 17.5 Å². The predicted molar refractivity (Wildman–Crippen MR) is 296 cm³/mol. The molecule has 0 amide bonds. The number of rotatable bonds is 6. The summed E-state index contributed by atoms with van der Waals surface area (Å²) in [5, 5.41) is 11.4. The first-order chi connectivity index (χ1) is 35.7. The fraction of sp³-hybridized carbons (Fsp3) is 0. The molecule has 7 heteroatoms. The van der Waals surface area contributed by atoms with Crippen molar-refractivity contribution >= 4 is 87.0 Å². The van der Waals surface area contributed by atoms with Gasteiger partial charge in [-0.25, -0.2) is 15.0 Å². The summed E-state index contributed by atoms with van der Waals surface area (Å²) < 4.78 is 4.78. The molecule has 10 aromatic carbocycles. The van der Waals surface area contributed by atoms with Gasteiger partial charge < -0.3 is 9.13 Å². The average Bonchev–Trinajstić information content (AvgIpc) is 3.97. The maximum absolute atomic E-state index is 5.15. The first kappa shape index (κ1) is 40.1. The number of hydrogen-bond acceptors (Lipinski definition) is 5. The minimum Gasteiger partial charge on any atom is -0.309 e. The van der Waals surface area contributed by atoms with Crippen molar-refractivity contribution in [2.75, 3.05) is 0 Å². The number of fused-ring (bicyclic) bond motifs is 12. The average molecular weight is 918 g/mol. The highest BCUT2D eigenvalue weighted by atomic mass is 15.0. The molecule has 0 N–H and O–H groups in total. The van der Waals surface area contributed by atoms with Crippen molar-refractivity contribution in [2.45, 2.75) is 0 Å². The first-order valence-corrected chi connectivity index (χ1v) is 24.2. The standard InChI is InChI=1S/C65H39N7/c1-3-13-41(14-4-1)63-68-64(42-15-5-2-6-16-42)70-65(69-63)56-39-46-36-48(28-30-50(46)62-53(56)20-12-34-67-62)72-58-22-10-8-19-52(58)55-38-44(26-32-60(55)72)43-25-31-59-54(37-43)51-18-7-9-21-57(51)71(59)47-27-29-49-45(35-47)24-23-40-17-11-33-66-61(40)49/h1-39H. The summed E-state index contributed by atoms with van der Waals surface area (Å²) in [4.78, 5) is 25.0. The molecule has 15 rings (SSSR count). The molecule has 5 aromatic heterocycles. The van der Waals surface area contributed by atoms with E-state index in [1.807, 2.05) is 85.2 Å². The molecule has 0 spiro atoms. The van der Waals surface area contributed by atoms with Crippen molar-refractivity contribution in [3.8, 4) is 56.7 Å². The molecule has 334 valence electrons. The second kappa shape index (κ2) is 15.8. The van der Waals surface area contributed by atoms with Crippen molar-refractivity contribution in [1.82, 2.24) is 34.1 Å². The van der Waals surface area contributed by atoms with E-state index in [-0.39, 0.29) is 0 Å². The molecule has 0 saturated heterocycles. The van der Waals surface area contributed by atoms with Crippen LogP contribution >= 0.6 is 0 Å². The number of nitrogens with zero attached hydrogens (tertiary/aromatic N) is 7. The summed E-state index contributed by atoms with van der Waals surface area (Å²) in [5.74, 6) is 1.84. The maximum Gasteiger partial charge on any atom is 0.164 e. The molecule has 0 aliphatic rings. The first-order valence-electron chi connectivity index (χ1n) is 24.2. The zero-order valence-electron chi connectivity index (χ0n) is 38.6. The van der Waals surface area contributed by atoms with Gasteiger partial charge in [-0.15, -0.1) is 0 Å². The molecule has 0 unspecified atom stereocenters. The van der Waals surface area contributed by atoms with Crippen molar-refractivity contribution in [3.63, 3.8) is 0 Å². The van der Waals surface area contributed by atoms with Gasteiger partial charge in [-0.3, -0.25) is 9.97 Å². The molecule has 0 atom stereocenters. The van der Waals surface area contributed by atoms with Crippen molar-refractivity contribution in [2.24, 2.45) is 0 Å². The van der Waals surface area contributed by atoms with E-state index in [4.69, 9.17) is 24.9 Å². The Balaban J connectivity index is 0.865. The van der Waals surface area contributed by atoms with Crippen LogP contribution in [-0.2, 0) is 0 Å². The summed E-state index contributed by atoms with van der Waals surface area (Å²) in [7, 11) is 0. The topological polar surface area (TPSA) is 74.3 Å². The smallest absolute Gasteiger partial charge is 0.164 e. The van der Waals surface area contributed by atoms with Crippen LogP contribution in [0.4, 0.5) is 0 Å². The van der Waals surface area contributed by atoms with Crippen LogP contribution in [0.2, 0.25) is 0 Å². The van der Waals surface area contributed by atoms with Crippen LogP contribution in [0.1, 0.15) is 0 Å². The largest absolute Gasteiger partial charge is 0.309 e. The van der Waals surface area contributed by atoms with Gasteiger partial charge in [0.05, 0.1) is 33.1 Å². The molecule has 0 saturated carbocycles.